The molecule has 4 rings (SSSR count). The van der Waals surface area contributed by atoms with E-state index >= 15 is 0 Å². The van der Waals surface area contributed by atoms with Gasteiger partial charge in [-0.1, -0.05) is 42.0 Å². The normalized spacial score (nSPS) is 15.7. The van der Waals surface area contributed by atoms with E-state index in [4.69, 9.17) is 9.47 Å². The maximum absolute atomic E-state index is 6.17. The van der Waals surface area contributed by atoms with Gasteiger partial charge >= 0.3 is 0 Å². The van der Waals surface area contributed by atoms with Crippen LogP contribution in [0.3, 0.4) is 0 Å². The van der Waals surface area contributed by atoms with Crippen LogP contribution in [0.5, 0.6) is 11.5 Å². The summed E-state index contributed by atoms with van der Waals surface area (Å²) in [5, 5.41) is 0. The van der Waals surface area contributed by atoms with E-state index in [0.717, 1.165) is 30.2 Å². The Labute approximate surface area is 173 Å². The molecule has 2 heterocycles. The van der Waals surface area contributed by atoms with E-state index in [1.54, 1.807) is 0 Å². The van der Waals surface area contributed by atoms with E-state index in [1.807, 2.05) is 36.7 Å². The molecule has 0 saturated heterocycles. The summed E-state index contributed by atoms with van der Waals surface area (Å²) < 4.78 is 12.1. The zero-order valence-corrected chi connectivity index (χ0v) is 17.3. The van der Waals surface area contributed by atoms with E-state index in [9.17, 15) is 0 Å². The van der Waals surface area contributed by atoms with Crippen LogP contribution in [0.2, 0.25) is 0 Å². The summed E-state index contributed by atoms with van der Waals surface area (Å²) in [6, 6.07) is 19.1. The number of aromatic nitrogens is 1. The Morgan fingerprint density at radius 2 is 1.76 bits per heavy atom. The minimum atomic E-state index is 0.0144. The maximum atomic E-state index is 6.17. The Balaban J connectivity index is 1.46. The number of hydrogen-bond donors (Lipinski definition) is 0. The first-order valence-electron chi connectivity index (χ1n) is 10.2. The fourth-order valence-corrected chi connectivity index (χ4v) is 3.58. The van der Waals surface area contributed by atoms with E-state index in [-0.39, 0.29) is 6.10 Å². The van der Waals surface area contributed by atoms with E-state index in [2.05, 4.69) is 61.0 Å². The lowest BCUT2D eigenvalue weighted by molar-refractivity contribution is 0.0468. The summed E-state index contributed by atoms with van der Waals surface area (Å²) in [4.78, 5) is 6.90. The molecule has 1 unspecified atom stereocenters. The van der Waals surface area contributed by atoms with Crippen LogP contribution >= 0.6 is 0 Å². The van der Waals surface area contributed by atoms with Crippen molar-refractivity contribution < 1.29 is 9.47 Å². The second kappa shape index (κ2) is 8.66. The van der Waals surface area contributed by atoms with Crippen LogP contribution < -0.4 is 9.47 Å². The van der Waals surface area contributed by atoms with Crippen molar-refractivity contribution in [2.45, 2.75) is 39.5 Å². The van der Waals surface area contributed by atoms with E-state index in [1.165, 1.54) is 16.7 Å². The van der Waals surface area contributed by atoms with Gasteiger partial charge in [-0.25, -0.2) is 0 Å². The summed E-state index contributed by atoms with van der Waals surface area (Å²) in [6.45, 7) is 8.74. The average Bonchev–Trinajstić information content (AvgIpc) is 2.74. The topological polar surface area (TPSA) is 34.6 Å². The third kappa shape index (κ3) is 4.77. The molecule has 0 bridgehead atoms. The van der Waals surface area contributed by atoms with Gasteiger partial charge in [-0.2, -0.15) is 0 Å². The SMILES string of the molecule is Cc1ccc(-c2cncc(CN(CC3COc4ccccc4O3)C(C)C)c2)cc1. The van der Waals surface area contributed by atoms with E-state index < -0.39 is 0 Å². The highest BCUT2D eigenvalue weighted by atomic mass is 16.6. The average molecular weight is 389 g/mol. The monoisotopic (exact) mass is 388 g/mol. The third-order valence-electron chi connectivity index (χ3n) is 5.30. The standard InChI is InChI=1S/C25H28N2O2/c1-18(2)27(16-23-17-28-24-6-4-5-7-25(24)29-23)15-20-12-22(14-26-13-20)21-10-8-19(3)9-11-21/h4-14,18,23H,15-17H2,1-3H3. The minimum absolute atomic E-state index is 0.0144. The van der Waals surface area contributed by atoms with E-state index in [0.29, 0.717) is 12.6 Å². The van der Waals surface area contributed by atoms with Crippen LogP contribution in [-0.4, -0.2) is 35.2 Å². The number of para-hydroxylation sites is 2. The van der Waals surface area contributed by atoms with Gasteiger partial charge in [-0.05, 0) is 50.1 Å². The molecule has 1 atom stereocenters. The van der Waals surface area contributed by atoms with Crippen LogP contribution in [-0.2, 0) is 6.54 Å². The smallest absolute Gasteiger partial charge is 0.161 e. The van der Waals surface area contributed by atoms with Crippen molar-refractivity contribution >= 4 is 0 Å². The molecule has 1 aromatic heterocycles. The molecule has 1 aliphatic heterocycles. The van der Waals surface area contributed by atoms with Crippen molar-refractivity contribution in [3.63, 3.8) is 0 Å². The predicted molar refractivity (Wildman–Crippen MR) is 116 cm³/mol. The zero-order chi connectivity index (χ0) is 20.2. The number of hydrogen-bond acceptors (Lipinski definition) is 4. The molecule has 3 aromatic rings. The summed E-state index contributed by atoms with van der Waals surface area (Å²) in [5.74, 6) is 1.66. The molecule has 2 aromatic carbocycles. The van der Waals surface area contributed by atoms with Gasteiger partial charge in [0.15, 0.2) is 11.5 Å². The Hall–Kier alpha value is -2.85. The fourth-order valence-electron chi connectivity index (χ4n) is 3.58. The molecule has 0 spiro atoms. The van der Waals surface area contributed by atoms with Crippen molar-refractivity contribution in [2.75, 3.05) is 13.2 Å². The van der Waals surface area contributed by atoms with Crippen molar-refractivity contribution in [1.29, 1.82) is 0 Å². The molecule has 29 heavy (non-hydrogen) atoms. The number of fused-ring (bicyclic) bond motifs is 1. The number of pyridine rings is 1. The summed E-state index contributed by atoms with van der Waals surface area (Å²) in [7, 11) is 0. The maximum Gasteiger partial charge on any atom is 0.161 e. The van der Waals surface area contributed by atoms with Crippen molar-refractivity contribution in [3.05, 3.63) is 78.1 Å². The summed E-state index contributed by atoms with van der Waals surface area (Å²) >= 11 is 0. The van der Waals surface area contributed by atoms with Crippen molar-refractivity contribution in [2.24, 2.45) is 0 Å². The van der Waals surface area contributed by atoms with Gasteiger partial charge < -0.3 is 9.47 Å². The molecule has 4 heteroatoms. The molecule has 0 saturated carbocycles. The molecule has 0 fully saturated rings. The molecule has 150 valence electrons. The largest absolute Gasteiger partial charge is 0.486 e. The van der Waals surface area contributed by atoms with Gasteiger partial charge in [0.1, 0.15) is 12.7 Å². The Bertz CT molecular complexity index is 953. The second-order valence-corrected chi connectivity index (χ2v) is 7.97. The first-order valence-corrected chi connectivity index (χ1v) is 10.2. The van der Waals surface area contributed by atoms with Crippen LogP contribution in [0.25, 0.3) is 11.1 Å². The predicted octanol–water partition coefficient (Wildman–Crippen LogP) is 5.11. The van der Waals surface area contributed by atoms with Crippen molar-refractivity contribution in [1.82, 2.24) is 9.88 Å². The highest BCUT2D eigenvalue weighted by Gasteiger charge is 2.24. The number of ether oxygens (including phenoxy) is 2. The van der Waals surface area contributed by atoms with Crippen molar-refractivity contribution in [3.8, 4) is 22.6 Å². The lowest BCUT2D eigenvalue weighted by atomic mass is 10.0. The zero-order valence-electron chi connectivity index (χ0n) is 17.3. The minimum Gasteiger partial charge on any atom is -0.486 e. The molecule has 0 N–H and O–H groups in total. The van der Waals surface area contributed by atoms with Gasteiger partial charge in [0.05, 0.1) is 0 Å². The number of rotatable bonds is 6. The number of aryl methyl sites for hydroxylation is 1. The van der Waals surface area contributed by atoms with Gasteiger partial charge in [0, 0.05) is 37.1 Å². The lowest BCUT2D eigenvalue weighted by Gasteiger charge is -2.33. The molecule has 0 amide bonds. The first kappa shape index (κ1) is 19.5. The van der Waals surface area contributed by atoms with Gasteiger partial charge in [-0.3, -0.25) is 9.88 Å². The molecule has 0 aliphatic carbocycles. The van der Waals surface area contributed by atoms with Gasteiger partial charge in [0.25, 0.3) is 0 Å². The highest BCUT2D eigenvalue weighted by Crippen LogP contribution is 2.31. The van der Waals surface area contributed by atoms with Crippen LogP contribution in [0.15, 0.2) is 67.0 Å². The fraction of sp³-hybridized carbons (Fsp3) is 0.320. The Morgan fingerprint density at radius 1 is 1.00 bits per heavy atom. The van der Waals surface area contributed by atoms with Gasteiger partial charge in [0.2, 0.25) is 0 Å². The summed E-state index contributed by atoms with van der Waals surface area (Å²) in [6.07, 6.45) is 3.91. The molecular weight excluding hydrogens is 360 g/mol. The molecule has 4 nitrogen and oxygen atoms in total. The summed E-state index contributed by atoms with van der Waals surface area (Å²) in [5.41, 5.74) is 4.81. The number of benzene rings is 2. The quantitative estimate of drug-likeness (QED) is 0.588. The van der Waals surface area contributed by atoms with Gasteiger partial charge in [-0.15, -0.1) is 0 Å². The third-order valence-corrected chi connectivity index (χ3v) is 5.30. The Morgan fingerprint density at radius 3 is 2.52 bits per heavy atom. The van der Waals surface area contributed by atoms with Crippen LogP contribution in [0.1, 0.15) is 25.0 Å². The second-order valence-electron chi connectivity index (χ2n) is 7.97. The number of nitrogens with zero attached hydrogens (tertiary/aromatic N) is 2. The lowest BCUT2D eigenvalue weighted by Crippen LogP contribution is -2.43. The molecular formula is C25H28N2O2. The molecule has 1 aliphatic rings. The van der Waals surface area contributed by atoms with Crippen LogP contribution in [0, 0.1) is 6.92 Å². The highest BCUT2D eigenvalue weighted by molar-refractivity contribution is 5.63. The Kier molecular flexibility index (Phi) is 5.81. The molecule has 0 radical (unpaired) electrons. The van der Waals surface area contributed by atoms with Crippen LogP contribution in [0.4, 0.5) is 0 Å². The first-order chi connectivity index (χ1) is 14.1.